The van der Waals surface area contributed by atoms with Gasteiger partial charge in [0.05, 0.1) is 12.8 Å². The van der Waals surface area contributed by atoms with E-state index in [1.807, 2.05) is 13.8 Å². The molecule has 0 aromatic heterocycles. The first-order chi connectivity index (χ1) is 7.40. The average molecular weight is 247 g/mol. The summed E-state index contributed by atoms with van der Waals surface area (Å²) in [6, 6.07) is -0.958. The molecular weight excluding hydrogens is 232 g/mol. The van der Waals surface area contributed by atoms with Crippen molar-refractivity contribution in [3.63, 3.8) is 0 Å². The highest BCUT2D eigenvalue weighted by molar-refractivity contribution is 6.30. The number of hydrazine groups is 1. The van der Waals surface area contributed by atoms with Crippen LogP contribution in [0.25, 0.3) is 0 Å². The Bertz CT molecular complexity index is 365. The lowest BCUT2D eigenvalue weighted by Gasteiger charge is -2.31. The third kappa shape index (κ3) is 2.12. The summed E-state index contributed by atoms with van der Waals surface area (Å²) in [4.78, 5) is 15.5. The van der Waals surface area contributed by atoms with Gasteiger partial charge in [0, 0.05) is 0 Å². The summed E-state index contributed by atoms with van der Waals surface area (Å²) in [7, 11) is 1.25. The van der Waals surface area contributed by atoms with E-state index < -0.39 is 12.0 Å². The molecule has 0 aliphatic carbocycles. The molecule has 0 fully saturated rings. The Labute approximate surface area is 98.8 Å². The second kappa shape index (κ2) is 4.71. The molecule has 4 N–H and O–H groups in total. The first-order valence-electron chi connectivity index (χ1n) is 4.75. The van der Waals surface area contributed by atoms with Gasteiger partial charge in [0.2, 0.25) is 0 Å². The predicted molar refractivity (Wildman–Crippen MR) is 61.2 cm³/mol. The number of halogens is 1. The summed E-state index contributed by atoms with van der Waals surface area (Å²) in [5.74, 6) is 5.26. The van der Waals surface area contributed by atoms with Crippen molar-refractivity contribution >= 4 is 23.4 Å². The van der Waals surface area contributed by atoms with Crippen LogP contribution in [0.4, 0.5) is 0 Å². The van der Waals surface area contributed by atoms with Gasteiger partial charge in [0.25, 0.3) is 0 Å². The van der Waals surface area contributed by atoms with Gasteiger partial charge in [-0.3, -0.25) is 5.01 Å². The Morgan fingerprint density at radius 3 is 2.62 bits per heavy atom. The van der Waals surface area contributed by atoms with Crippen molar-refractivity contribution < 1.29 is 9.53 Å². The van der Waals surface area contributed by atoms with Gasteiger partial charge in [-0.15, -0.1) is 0 Å². The number of ether oxygens (including phenoxy) is 1. The number of amidine groups is 1. The number of methoxy groups -OCH3 is 1. The molecule has 1 heterocycles. The van der Waals surface area contributed by atoms with E-state index in [0.717, 1.165) is 5.01 Å². The molecular formula is C9H15ClN4O2. The molecule has 0 aromatic rings. The molecule has 0 saturated heterocycles. The normalized spacial score (nSPS) is 21.2. The number of rotatable bonds is 2. The van der Waals surface area contributed by atoms with E-state index in [0.29, 0.717) is 5.70 Å². The zero-order valence-corrected chi connectivity index (χ0v) is 10.2. The van der Waals surface area contributed by atoms with Gasteiger partial charge in [-0.2, -0.15) is 0 Å². The van der Waals surface area contributed by atoms with Crippen molar-refractivity contribution in [2.75, 3.05) is 7.11 Å². The molecule has 6 nitrogen and oxygen atoms in total. The molecule has 0 bridgehead atoms. The van der Waals surface area contributed by atoms with Crippen LogP contribution in [0.3, 0.4) is 0 Å². The van der Waals surface area contributed by atoms with Crippen LogP contribution in [0.1, 0.15) is 13.8 Å². The topological polar surface area (TPSA) is 93.9 Å². The zero-order chi connectivity index (χ0) is 12.5. The van der Waals surface area contributed by atoms with Gasteiger partial charge < -0.3 is 10.5 Å². The molecule has 0 radical (unpaired) electrons. The molecule has 0 spiro atoms. The van der Waals surface area contributed by atoms with Crippen LogP contribution in [-0.2, 0) is 9.53 Å². The number of hydrogen-bond acceptors (Lipinski definition) is 6. The second-order valence-corrected chi connectivity index (χ2v) is 4.06. The maximum absolute atomic E-state index is 11.4. The molecule has 1 aliphatic heterocycles. The van der Waals surface area contributed by atoms with Crippen LogP contribution >= 0.6 is 11.6 Å². The lowest BCUT2D eigenvalue weighted by molar-refractivity contribution is -0.143. The largest absolute Gasteiger partial charge is 0.467 e. The highest BCUT2D eigenvalue weighted by atomic mass is 35.5. The standard InChI is InChI=1S/C9H15ClN4O2/c1-4(2)5-7(10)14(12)6(8(11)13-5)9(15)16-3/h4,6H,12H2,1-3H3,(H2,11,13). The summed E-state index contributed by atoms with van der Waals surface area (Å²) in [5, 5.41) is 1.28. The van der Waals surface area contributed by atoms with Crippen molar-refractivity contribution in [3.8, 4) is 0 Å². The number of carbonyl (C=O) groups excluding carboxylic acids is 1. The Balaban J connectivity index is 3.11. The van der Waals surface area contributed by atoms with E-state index in [1.165, 1.54) is 7.11 Å². The molecule has 0 aromatic carbocycles. The fourth-order valence-electron chi connectivity index (χ4n) is 1.35. The van der Waals surface area contributed by atoms with Crippen LogP contribution in [0.2, 0.25) is 0 Å². The van der Waals surface area contributed by atoms with E-state index in [2.05, 4.69) is 9.73 Å². The second-order valence-electron chi connectivity index (χ2n) is 3.70. The average Bonchev–Trinajstić information content (AvgIpc) is 2.22. The highest BCUT2D eigenvalue weighted by Crippen LogP contribution is 2.26. The minimum atomic E-state index is -0.958. The highest BCUT2D eigenvalue weighted by Gasteiger charge is 2.35. The van der Waals surface area contributed by atoms with Crippen molar-refractivity contribution in [1.29, 1.82) is 0 Å². The summed E-state index contributed by atoms with van der Waals surface area (Å²) >= 11 is 6.00. The predicted octanol–water partition coefficient (Wildman–Crippen LogP) is 0.138. The van der Waals surface area contributed by atoms with E-state index in [9.17, 15) is 4.79 Å². The number of hydrogen-bond donors (Lipinski definition) is 2. The van der Waals surface area contributed by atoms with Gasteiger partial charge >= 0.3 is 5.97 Å². The molecule has 7 heteroatoms. The molecule has 1 rings (SSSR count). The quantitative estimate of drug-likeness (QED) is 0.411. The van der Waals surface area contributed by atoms with E-state index in [4.69, 9.17) is 23.2 Å². The molecule has 90 valence electrons. The summed E-state index contributed by atoms with van der Waals surface area (Å²) in [5.41, 5.74) is 6.23. The monoisotopic (exact) mass is 246 g/mol. The first kappa shape index (κ1) is 12.8. The zero-order valence-electron chi connectivity index (χ0n) is 9.40. The Morgan fingerprint density at radius 1 is 1.62 bits per heavy atom. The van der Waals surface area contributed by atoms with Crippen molar-refractivity contribution in [2.45, 2.75) is 19.9 Å². The maximum atomic E-state index is 11.4. The van der Waals surface area contributed by atoms with Crippen LogP contribution in [0.5, 0.6) is 0 Å². The Morgan fingerprint density at radius 2 is 2.19 bits per heavy atom. The summed E-state index contributed by atoms with van der Waals surface area (Å²) in [6.45, 7) is 3.81. The minimum absolute atomic E-state index is 0.0655. The maximum Gasteiger partial charge on any atom is 0.338 e. The summed E-state index contributed by atoms with van der Waals surface area (Å²) in [6.07, 6.45) is 0. The number of nitrogens with zero attached hydrogens (tertiary/aromatic N) is 2. The molecule has 1 aliphatic rings. The van der Waals surface area contributed by atoms with E-state index in [1.54, 1.807) is 0 Å². The van der Waals surface area contributed by atoms with Gasteiger partial charge in [0.1, 0.15) is 11.0 Å². The van der Waals surface area contributed by atoms with Crippen LogP contribution in [0.15, 0.2) is 15.8 Å². The lowest BCUT2D eigenvalue weighted by Crippen LogP contribution is -2.54. The molecule has 16 heavy (non-hydrogen) atoms. The minimum Gasteiger partial charge on any atom is -0.467 e. The van der Waals surface area contributed by atoms with E-state index in [-0.39, 0.29) is 16.9 Å². The van der Waals surface area contributed by atoms with Crippen molar-refractivity contribution in [2.24, 2.45) is 22.5 Å². The summed E-state index contributed by atoms with van der Waals surface area (Å²) < 4.78 is 4.57. The smallest absolute Gasteiger partial charge is 0.338 e. The van der Waals surface area contributed by atoms with Crippen molar-refractivity contribution in [3.05, 3.63) is 10.9 Å². The molecule has 0 saturated carbocycles. The van der Waals surface area contributed by atoms with Gasteiger partial charge in [-0.1, -0.05) is 25.4 Å². The Kier molecular flexibility index (Phi) is 3.77. The van der Waals surface area contributed by atoms with Gasteiger partial charge in [-0.25, -0.2) is 15.6 Å². The number of nitrogens with two attached hydrogens (primary N) is 2. The lowest BCUT2D eigenvalue weighted by atomic mass is 10.1. The molecule has 0 amide bonds. The Hall–Kier alpha value is -1.27. The fourth-order valence-corrected chi connectivity index (χ4v) is 1.71. The third-order valence-corrected chi connectivity index (χ3v) is 2.61. The first-order valence-corrected chi connectivity index (χ1v) is 5.13. The van der Waals surface area contributed by atoms with Gasteiger partial charge in [0.15, 0.2) is 6.04 Å². The van der Waals surface area contributed by atoms with Crippen LogP contribution in [-0.4, -0.2) is 30.0 Å². The van der Waals surface area contributed by atoms with E-state index >= 15 is 0 Å². The van der Waals surface area contributed by atoms with Gasteiger partial charge in [-0.05, 0) is 5.92 Å². The van der Waals surface area contributed by atoms with Crippen LogP contribution < -0.4 is 11.6 Å². The van der Waals surface area contributed by atoms with Crippen molar-refractivity contribution in [1.82, 2.24) is 5.01 Å². The SMILES string of the molecule is COC(=O)C1C(N)=NC(C(C)C)=C(Cl)N1N. The molecule has 1 atom stereocenters. The fraction of sp³-hybridized carbons (Fsp3) is 0.556. The number of carbonyl (C=O) groups is 1. The third-order valence-electron chi connectivity index (χ3n) is 2.22. The molecule has 1 unspecified atom stereocenters. The van der Waals surface area contributed by atoms with Crippen LogP contribution in [0, 0.1) is 5.92 Å². The number of esters is 1. The number of allylic oxidation sites excluding steroid dienone is 1. The number of aliphatic imine (C=N–C) groups is 1.